The number of carbonyl (C=O) groups is 1. The summed E-state index contributed by atoms with van der Waals surface area (Å²) in [5.74, 6) is -0.850. The summed E-state index contributed by atoms with van der Waals surface area (Å²) < 4.78 is 4.88. The maximum absolute atomic E-state index is 9.92. The third-order valence-corrected chi connectivity index (χ3v) is 0.992. The van der Waals surface area contributed by atoms with Crippen LogP contribution in [0.5, 0.6) is 0 Å². The Balaban J connectivity index is 2.84. The van der Waals surface area contributed by atoms with E-state index in [9.17, 15) is 4.79 Å². The molecule has 0 saturated carbocycles. The minimum absolute atomic E-state index is 0.0102. The average molecular weight is 145 g/mol. The van der Waals surface area contributed by atoms with Crippen molar-refractivity contribution in [3.8, 4) is 0 Å². The standard InChI is InChI=1S/C7H13O3/c1-2-3-5-10-6-4-7(8)9/h6H,2-5H2,1H3,(H,8,9). The van der Waals surface area contributed by atoms with Crippen molar-refractivity contribution < 1.29 is 14.6 Å². The number of carboxylic acids is 1. The summed E-state index contributed by atoms with van der Waals surface area (Å²) in [4.78, 5) is 9.92. The van der Waals surface area contributed by atoms with Crippen LogP contribution in [-0.4, -0.2) is 17.7 Å². The lowest BCUT2D eigenvalue weighted by molar-refractivity contribution is -0.137. The molecule has 0 aliphatic rings. The molecule has 1 radical (unpaired) electrons. The van der Waals surface area contributed by atoms with Gasteiger partial charge < -0.3 is 9.84 Å². The van der Waals surface area contributed by atoms with E-state index in [-0.39, 0.29) is 6.42 Å². The molecule has 0 aromatic heterocycles. The number of carboxylic acid groups (broad SMARTS) is 1. The Bertz CT molecular complexity index is 90.9. The predicted octanol–water partition coefficient (Wildman–Crippen LogP) is 1.44. The maximum Gasteiger partial charge on any atom is 0.306 e. The van der Waals surface area contributed by atoms with Gasteiger partial charge in [-0.3, -0.25) is 4.79 Å². The summed E-state index contributed by atoms with van der Waals surface area (Å²) in [5, 5.41) is 8.16. The van der Waals surface area contributed by atoms with Crippen molar-refractivity contribution in [3.05, 3.63) is 6.61 Å². The zero-order valence-electron chi connectivity index (χ0n) is 6.17. The van der Waals surface area contributed by atoms with Gasteiger partial charge in [-0.1, -0.05) is 13.3 Å². The first kappa shape index (κ1) is 9.43. The van der Waals surface area contributed by atoms with Gasteiger partial charge in [-0.15, -0.1) is 0 Å². The van der Waals surface area contributed by atoms with E-state index in [0.29, 0.717) is 6.61 Å². The second kappa shape index (κ2) is 6.55. The SMILES string of the molecule is CCCCO[CH]CC(=O)O. The molecule has 0 atom stereocenters. The summed E-state index contributed by atoms with van der Waals surface area (Å²) in [6, 6.07) is 0. The first-order valence-electron chi connectivity index (χ1n) is 3.42. The molecule has 59 valence electrons. The molecule has 1 N–H and O–H groups in total. The van der Waals surface area contributed by atoms with Crippen LogP contribution in [0.4, 0.5) is 0 Å². The number of ether oxygens (including phenoxy) is 1. The smallest absolute Gasteiger partial charge is 0.306 e. The van der Waals surface area contributed by atoms with Gasteiger partial charge in [0, 0.05) is 6.61 Å². The van der Waals surface area contributed by atoms with E-state index < -0.39 is 5.97 Å². The minimum atomic E-state index is -0.850. The van der Waals surface area contributed by atoms with Gasteiger partial charge in [-0.2, -0.15) is 0 Å². The van der Waals surface area contributed by atoms with Crippen LogP contribution in [0.2, 0.25) is 0 Å². The van der Waals surface area contributed by atoms with E-state index in [1.807, 2.05) is 0 Å². The topological polar surface area (TPSA) is 46.5 Å². The van der Waals surface area contributed by atoms with E-state index in [1.54, 1.807) is 0 Å². The van der Waals surface area contributed by atoms with Crippen LogP contribution in [0.25, 0.3) is 0 Å². The fourth-order valence-electron chi connectivity index (χ4n) is 0.441. The number of rotatable bonds is 6. The van der Waals surface area contributed by atoms with Crippen LogP contribution in [0.3, 0.4) is 0 Å². The fraction of sp³-hybridized carbons (Fsp3) is 0.714. The highest BCUT2D eigenvalue weighted by Gasteiger charge is 1.95. The first-order valence-corrected chi connectivity index (χ1v) is 3.42. The van der Waals surface area contributed by atoms with E-state index in [1.165, 1.54) is 6.61 Å². The molecular formula is C7H13O3. The third kappa shape index (κ3) is 7.43. The Hall–Kier alpha value is -0.570. The highest BCUT2D eigenvalue weighted by molar-refractivity contribution is 5.67. The number of aliphatic carboxylic acids is 1. The van der Waals surface area contributed by atoms with E-state index >= 15 is 0 Å². The van der Waals surface area contributed by atoms with Gasteiger partial charge in [0.15, 0.2) is 0 Å². The van der Waals surface area contributed by atoms with Crippen molar-refractivity contribution in [2.24, 2.45) is 0 Å². The zero-order valence-corrected chi connectivity index (χ0v) is 6.17. The molecule has 0 aliphatic carbocycles. The van der Waals surface area contributed by atoms with Gasteiger partial charge in [0.05, 0.1) is 13.0 Å². The van der Waals surface area contributed by atoms with E-state index in [0.717, 1.165) is 12.8 Å². The first-order chi connectivity index (χ1) is 4.77. The molecule has 3 nitrogen and oxygen atoms in total. The minimum Gasteiger partial charge on any atom is -0.481 e. The van der Waals surface area contributed by atoms with Crippen LogP contribution in [0.15, 0.2) is 0 Å². The van der Waals surface area contributed by atoms with Crippen molar-refractivity contribution in [1.29, 1.82) is 0 Å². The van der Waals surface area contributed by atoms with Crippen LogP contribution >= 0.6 is 0 Å². The molecule has 0 fully saturated rings. The second-order valence-electron chi connectivity index (χ2n) is 1.99. The van der Waals surface area contributed by atoms with Crippen LogP contribution < -0.4 is 0 Å². The summed E-state index contributed by atoms with van der Waals surface area (Å²) in [5.41, 5.74) is 0. The summed E-state index contributed by atoms with van der Waals surface area (Å²) in [6.45, 7) is 4.02. The monoisotopic (exact) mass is 145 g/mol. The van der Waals surface area contributed by atoms with E-state index in [4.69, 9.17) is 9.84 Å². The van der Waals surface area contributed by atoms with Crippen LogP contribution in [0.1, 0.15) is 26.2 Å². The number of hydrogen-bond acceptors (Lipinski definition) is 2. The van der Waals surface area contributed by atoms with Crippen molar-refractivity contribution >= 4 is 5.97 Å². The molecule has 10 heavy (non-hydrogen) atoms. The van der Waals surface area contributed by atoms with Gasteiger partial charge in [0.2, 0.25) is 0 Å². The van der Waals surface area contributed by atoms with Gasteiger partial charge >= 0.3 is 5.97 Å². The molecule has 0 amide bonds. The number of unbranched alkanes of at least 4 members (excludes halogenated alkanes) is 1. The van der Waals surface area contributed by atoms with Crippen molar-refractivity contribution in [2.45, 2.75) is 26.2 Å². The highest BCUT2D eigenvalue weighted by atomic mass is 16.5. The second-order valence-corrected chi connectivity index (χ2v) is 1.99. The highest BCUT2D eigenvalue weighted by Crippen LogP contribution is 1.93. The Morgan fingerprint density at radius 2 is 2.40 bits per heavy atom. The largest absolute Gasteiger partial charge is 0.481 e. The van der Waals surface area contributed by atoms with Crippen LogP contribution in [-0.2, 0) is 9.53 Å². The Morgan fingerprint density at radius 1 is 1.70 bits per heavy atom. The van der Waals surface area contributed by atoms with E-state index in [2.05, 4.69) is 6.92 Å². The molecule has 0 heterocycles. The molecule has 0 aromatic carbocycles. The van der Waals surface area contributed by atoms with Crippen molar-refractivity contribution in [2.75, 3.05) is 6.61 Å². The molecule has 0 aromatic rings. The Kier molecular flexibility index (Phi) is 6.18. The summed E-state index contributed by atoms with van der Waals surface area (Å²) in [7, 11) is 0. The lowest BCUT2D eigenvalue weighted by atomic mass is 10.4. The van der Waals surface area contributed by atoms with Crippen molar-refractivity contribution in [3.63, 3.8) is 0 Å². The quantitative estimate of drug-likeness (QED) is 0.575. The third-order valence-electron chi connectivity index (χ3n) is 0.992. The lowest BCUT2D eigenvalue weighted by Gasteiger charge is -1.97. The molecule has 0 aliphatic heterocycles. The molecular weight excluding hydrogens is 132 g/mol. The molecule has 0 rings (SSSR count). The molecule has 0 saturated heterocycles. The maximum atomic E-state index is 9.92. The Morgan fingerprint density at radius 3 is 2.90 bits per heavy atom. The molecule has 0 spiro atoms. The van der Waals surface area contributed by atoms with Crippen LogP contribution in [0, 0.1) is 6.61 Å². The van der Waals surface area contributed by atoms with Crippen molar-refractivity contribution in [1.82, 2.24) is 0 Å². The zero-order chi connectivity index (χ0) is 7.82. The normalized spacial score (nSPS) is 9.70. The van der Waals surface area contributed by atoms with Gasteiger partial charge in [0.25, 0.3) is 0 Å². The molecule has 3 heteroatoms. The average Bonchev–Trinajstić information content (AvgIpc) is 1.87. The van der Waals surface area contributed by atoms with Gasteiger partial charge in [-0.25, -0.2) is 0 Å². The summed E-state index contributed by atoms with van der Waals surface area (Å²) in [6.07, 6.45) is 2.04. The summed E-state index contributed by atoms with van der Waals surface area (Å²) >= 11 is 0. The Labute approximate surface area is 61.0 Å². The number of hydrogen-bond donors (Lipinski definition) is 1. The van der Waals surface area contributed by atoms with Gasteiger partial charge in [-0.05, 0) is 6.42 Å². The lowest BCUT2D eigenvalue weighted by Crippen LogP contribution is -1.98. The van der Waals surface area contributed by atoms with Gasteiger partial charge in [0.1, 0.15) is 0 Å². The molecule has 0 unspecified atom stereocenters. The molecule has 0 bridgehead atoms. The predicted molar refractivity (Wildman–Crippen MR) is 37.4 cm³/mol. The fourth-order valence-corrected chi connectivity index (χ4v) is 0.441.